The second-order valence-electron chi connectivity index (χ2n) is 9.69. The molecule has 0 saturated carbocycles. The largest absolute Gasteiger partial charge is 0.371 e. The van der Waals surface area contributed by atoms with E-state index in [1.807, 2.05) is 31.2 Å². The van der Waals surface area contributed by atoms with Crippen molar-refractivity contribution in [1.29, 1.82) is 5.26 Å². The van der Waals surface area contributed by atoms with E-state index in [9.17, 15) is 14.4 Å². The zero-order chi connectivity index (χ0) is 25.4. The first-order valence-electron chi connectivity index (χ1n) is 12.0. The maximum absolute atomic E-state index is 13.8. The van der Waals surface area contributed by atoms with Gasteiger partial charge in [0.15, 0.2) is 5.96 Å². The molecule has 1 fully saturated rings. The molecule has 36 heavy (non-hydrogen) atoms. The highest BCUT2D eigenvalue weighted by Crippen LogP contribution is 2.47. The summed E-state index contributed by atoms with van der Waals surface area (Å²) in [5.41, 5.74) is 8.84. The average Bonchev–Trinajstić information content (AvgIpc) is 3.39. The van der Waals surface area contributed by atoms with Crippen LogP contribution in [0.5, 0.6) is 0 Å². The lowest BCUT2D eigenvalue weighted by Gasteiger charge is -2.46. The molecule has 1 aromatic heterocycles. The van der Waals surface area contributed by atoms with Crippen molar-refractivity contribution in [2.75, 3.05) is 25.0 Å². The summed E-state index contributed by atoms with van der Waals surface area (Å²) in [7, 11) is 1.68. The Bertz CT molecular complexity index is 1370. The third-order valence-electron chi connectivity index (χ3n) is 7.50. The van der Waals surface area contributed by atoms with Gasteiger partial charge in [0.1, 0.15) is 11.4 Å². The van der Waals surface area contributed by atoms with Crippen LogP contribution in [0.15, 0.2) is 65.0 Å². The number of aliphatic imine (C=N–C) groups is 1. The number of halogens is 1. The highest BCUT2D eigenvalue weighted by atomic mass is 32.1. The summed E-state index contributed by atoms with van der Waals surface area (Å²) in [6.07, 6.45) is 1.60. The maximum Gasteiger partial charge on any atom is 0.235 e. The first-order chi connectivity index (χ1) is 17.3. The van der Waals surface area contributed by atoms with Crippen molar-refractivity contribution >= 4 is 28.9 Å². The van der Waals surface area contributed by atoms with Crippen molar-refractivity contribution in [2.45, 2.75) is 25.3 Å². The van der Waals surface area contributed by atoms with Crippen LogP contribution in [0.25, 0.3) is 11.1 Å². The predicted molar refractivity (Wildman–Crippen MR) is 141 cm³/mol. The van der Waals surface area contributed by atoms with Gasteiger partial charge in [0, 0.05) is 30.7 Å². The van der Waals surface area contributed by atoms with E-state index in [0.29, 0.717) is 5.56 Å². The third-order valence-corrected chi connectivity index (χ3v) is 8.66. The quantitative estimate of drug-likeness (QED) is 0.548. The molecule has 2 N–H and O–H groups in total. The molecular weight excluding hydrogens is 473 g/mol. The minimum absolute atomic E-state index is 0.0179. The fourth-order valence-corrected chi connectivity index (χ4v) is 6.56. The summed E-state index contributed by atoms with van der Waals surface area (Å²) < 4.78 is 13.8. The molecule has 3 aromatic rings. The van der Waals surface area contributed by atoms with Gasteiger partial charge in [-0.25, -0.2) is 9.38 Å². The number of nitriles is 1. The van der Waals surface area contributed by atoms with Crippen LogP contribution in [0.3, 0.4) is 0 Å². The Labute approximate surface area is 214 Å². The predicted octanol–water partition coefficient (Wildman–Crippen LogP) is 4.96. The molecule has 2 aliphatic rings. The van der Waals surface area contributed by atoms with E-state index >= 15 is 0 Å². The minimum atomic E-state index is -0.797. The molecule has 8 heteroatoms. The number of anilines is 1. The first-order valence-corrected chi connectivity index (χ1v) is 12.9. The third kappa shape index (κ3) is 4.24. The van der Waals surface area contributed by atoms with Crippen LogP contribution >= 0.6 is 11.3 Å². The van der Waals surface area contributed by atoms with Crippen molar-refractivity contribution in [3.63, 3.8) is 0 Å². The number of carbonyl (C=O) groups is 1. The second kappa shape index (κ2) is 9.40. The molecule has 2 atom stereocenters. The number of amides is 1. The summed E-state index contributed by atoms with van der Waals surface area (Å²) in [5, 5.41) is 11.3. The van der Waals surface area contributed by atoms with Crippen LogP contribution in [0, 0.1) is 29.0 Å². The number of piperidine rings is 1. The maximum atomic E-state index is 13.8. The number of benzene rings is 2. The Morgan fingerprint density at radius 3 is 2.61 bits per heavy atom. The smallest absolute Gasteiger partial charge is 0.235 e. The molecule has 0 unspecified atom stereocenters. The molecule has 2 aliphatic heterocycles. The Morgan fingerprint density at radius 2 is 1.89 bits per heavy atom. The van der Waals surface area contributed by atoms with Crippen LogP contribution in [-0.4, -0.2) is 36.9 Å². The van der Waals surface area contributed by atoms with Crippen molar-refractivity contribution in [3.8, 4) is 17.2 Å². The molecule has 6 nitrogen and oxygen atoms in total. The van der Waals surface area contributed by atoms with Crippen LogP contribution in [0.1, 0.15) is 30.2 Å². The van der Waals surface area contributed by atoms with Crippen LogP contribution < -0.4 is 10.6 Å². The van der Waals surface area contributed by atoms with E-state index in [1.54, 1.807) is 36.6 Å². The van der Waals surface area contributed by atoms with Gasteiger partial charge >= 0.3 is 0 Å². The molecule has 1 amide bonds. The normalized spacial score (nSPS) is 22.9. The Morgan fingerprint density at radius 1 is 1.14 bits per heavy atom. The molecular formula is C28H28FN5OS. The lowest BCUT2D eigenvalue weighted by atomic mass is 9.70. The summed E-state index contributed by atoms with van der Waals surface area (Å²) in [6.45, 7) is 3.50. The highest BCUT2D eigenvalue weighted by molar-refractivity contribution is 7.10. The lowest BCUT2D eigenvalue weighted by Crippen LogP contribution is -2.56. The van der Waals surface area contributed by atoms with E-state index < -0.39 is 5.54 Å². The number of nitrogens with zero attached hydrogens (tertiary/aromatic N) is 4. The van der Waals surface area contributed by atoms with E-state index in [4.69, 9.17) is 10.7 Å². The van der Waals surface area contributed by atoms with Gasteiger partial charge in [-0.2, -0.15) is 5.26 Å². The molecule has 1 saturated heterocycles. The van der Waals surface area contributed by atoms with E-state index in [2.05, 4.69) is 22.4 Å². The van der Waals surface area contributed by atoms with E-state index in [0.717, 1.165) is 47.6 Å². The summed E-state index contributed by atoms with van der Waals surface area (Å²) in [6, 6.07) is 18.4. The molecule has 2 aromatic carbocycles. The fourth-order valence-electron chi connectivity index (χ4n) is 5.50. The summed E-state index contributed by atoms with van der Waals surface area (Å²) in [5.74, 6) is -0.293. The number of thiophene rings is 1. The van der Waals surface area contributed by atoms with Gasteiger partial charge in [0.2, 0.25) is 5.91 Å². The van der Waals surface area contributed by atoms with Crippen molar-refractivity contribution in [3.05, 3.63) is 76.2 Å². The van der Waals surface area contributed by atoms with Gasteiger partial charge < -0.3 is 10.6 Å². The average molecular weight is 502 g/mol. The molecule has 0 spiro atoms. The molecule has 5 rings (SSSR count). The molecule has 0 radical (unpaired) electrons. The standard InChI is InChI=1S/C28H28FN5OS/c1-28(24-14-21(17-36-24)20-6-3-5-18(13-20)16-30)25(26(35)33(2)27(31)32-28)19-9-11-34(12-10-19)23-8-4-7-22(29)15-23/h3-8,13-15,17,19,25H,9-12H2,1-2H3,(H2,31,32)/t25-,28+/m0/s1. The molecule has 0 aliphatic carbocycles. The lowest BCUT2D eigenvalue weighted by molar-refractivity contribution is -0.136. The molecule has 184 valence electrons. The topological polar surface area (TPSA) is 85.7 Å². The van der Waals surface area contributed by atoms with Crippen LogP contribution in [-0.2, 0) is 10.3 Å². The van der Waals surface area contributed by atoms with Gasteiger partial charge in [-0.1, -0.05) is 18.2 Å². The zero-order valence-electron chi connectivity index (χ0n) is 20.3. The monoisotopic (exact) mass is 501 g/mol. The number of rotatable bonds is 4. The summed E-state index contributed by atoms with van der Waals surface area (Å²) in [4.78, 5) is 23.2. The Balaban J connectivity index is 1.45. The van der Waals surface area contributed by atoms with Gasteiger partial charge in [0.05, 0.1) is 17.6 Å². The van der Waals surface area contributed by atoms with Gasteiger partial charge in [-0.3, -0.25) is 9.69 Å². The SMILES string of the molecule is CN1C(=O)[C@H](C2CCN(c3cccc(F)c3)CC2)[C@@](C)(c2cc(-c3cccc(C#N)c3)cs2)N=C1N. The van der Waals surface area contributed by atoms with Crippen molar-refractivity contribution in [2.24, 2.45) is 22.6 Å². The van der Waals surface area contributed by atoms with E-state index in [1.165, 1.54) is 11.0 Å². The number of hydrogen-bond acceptors (Lipinski definition) is 6. The highest BCUT2D eigenvalue weighted by Gasteiger charge is 2.51. The summed E-state index contributed by atoms with van der Waals surface area (Å²) >= 11 is 1.57. The van der Waals surface area contributed by atoms with Gasteiger partial charge in [-0.05, 0) is 78.6 Å². The molecule has 3 heterocycles. The Kier molecular flexibility index (Phi) is 6.27. The van der Waals surface area contributed by atoms with E-state index in [-0.39, 0.29) is 29.5 Å². The number of hydrogen-bond donors (Lipinski definition) is 1. The van der Waals surface area contributed by atoms with Crippen molar-refractivity contribution in [1.82, 2.24) is 4.90 Å². The fraction of sp³-hybridized carbons (Fsp3) is 0.321. The Hall–Kier alpha value is -3.70. The number of nitrogens with two attached hydrogens (primary N) is 1. The number of carbonyl (C=O) groups excluding carboxylic acids is 1. The first kappa shape index (κ1) is 24.0. The zero-order valence-corrected chi connectivity index (χ0v) is 21.1. The minimum Gasteiger partial charge on any atom is -0.371 e. The van der Waals surface area contributed by atoms with Crippen molar-refractivity contribution < 1.29 is 9.18 Å². The molecule has 0 bridgehead atoms. The number of guanidine groups is 1. The second-order valence-corrected chi connectivity index (χ2v) is 10.6. The van der Waals surface area contributed by atoms with Crippen LogP contribution in [0.2, 0.25) is 0 Å². The van der Waals surface area contributed by atoms with Gasteiger partial charge in [0.25, 0.3) is 0 Å². The van der Waals surface area contributed by atoms with Gasteiger partial charge in [-0.15, -0.1) is 11.3 Å². The van der Waals surface area contributed by atoms with Crippen LogP contribution in [0.4, 0.5) is 10.1 Å².